The van der Waals surface area contributed by atoms with Gasteiger partial charge < -0.3 is 9.47 Å². The van der Waals surface area contributed by atoms with E-state index in [0.29, 0.717) is 33.0 Å². The Labute approximate surface area is 233 Å². The van der Waals surface area contributed by atoms with Crippen LogP contribution >= 0.6 is 55.2 Å². The van der Waals surface area contributed by atoms with Crippen molar-refractivity contribution in [1.29, 1.82) is 0 Å². The Bertz CT molecular complexity index is 1390. The second kappa shape index (κ2) is 11.6. The van der Waals surface area contributed by atoms with Crippen LogP contribution < -0.4 is 9.47 Å². The molecule has 0 bridgehead atoms. The third-order valence-corrected chi connectivity index (χ3v) is 7.55. The average molecular weight is 652 g/mol. The number of carbonyl (C=O) groups excluding carboxylic acids is 3. The van der Waals surface area contributed by atoms with Crippen LogP contribution in [-0.4, -0.2) is 28.6 Å². The first-order valence-electron chi connectivity index (χ1n) is 10.7. The molecule has 184 valence electrons. The van der Waals surface area contributed by atoms with Crippen molar-refractivity contribution in [2.45, 2.75) is 13.5 Å². The van der Waals surface area contributed by atoms with Gasteiger partial charge in [-0.25, -0.2) is 4.79 Å². The first-order chi connectivity index (χ1) is 17.3. The van der Waals surface area contributed by atoms with E-state index in [1.54, 1.807) is 43.3 Å². The molecule has 0 N–H and O–H groups in total. The predicted octanol–water partition coefficient (Wildman–Crippen LogP) is 7.72. The van der Waals surface area contributed by atoms with E-state index in [0.717, 1.165) is 21.8 Å². The molecule has 1 aliphatic rings. The summed E-state index contributed by atoms with van der Waals surface area (Å²) >= 11 is 13.7. The molecule has 2 amide bonds. The number of thioether (sulfide) groups is 1. The Morgan fingerprint density at radius 2 is 1.83 bits per heavy atom. The quantitative estimate of drug-likeness (QED) is 0.148. The van der Waals surface area contributed by atoms with E-state index in [-0.39, 0.29) is 28.3 Å². The lowest BCUT2D eigenvalue weighted by atomic mass is 10.1. The Balaban J connectivity index is 1.60. The monoisotopic (exact) mass is 649 g/mol. The molecule has 0 atom stereocenters. The van der Waals surface area contributed by atoms with E-state index in [9.17, 15) is 14.4 Å². The van der Waals surface area contributed by atoms with Crippen LogP contribution in [0.2, 0.25) is 5.02 Å². The Hall–Kier alpha value is -2.59. The highest BCUT2D eigenvalue weighted by atomic mass is 79.9. The topological polar surface area (TPSA) is 72.9 Å². The predicted molar refractivity (Wildman–Crippen MR) is 147 cm³/mol. The van der Waals surface area contributed by atoms with E-state index in [1.165, 1.54) is 11.0 Å². The van der Waals surface area contributed by atoms with E-state index >= 15 is 0 Å². The highest BCUT2D eigenvalue weighted by Gasteiger charge is 2.35. The standard InChI is InChI=1S/C26H18Br2ClNO5S/c1-2-34-21-11-15(10-20(28)23(21)35-25(32)16-7-5-8-18(29)13-16)12-22-24(31)30(26(33)36-22)14-17-6-3-4-9-19(17)27/h3-13H,2,14H2,1H3/b22-12-. The van der Waals surface area contributed by atoms with Crippen molar-refractivity contribution in [1.82, 2.24) is 4.90 Å². The van der Waals surface area contributed by atoms with Gasteiger partial charge in [0.05, 0.1) is 28.1 Å². The lowest BCUT2D eigenvalue weighted by Gasteiger charge is -2.14. The Kier molecular flexibility index (Phi) is 8.56. The maximum absolute atomic E-state index is 13.0. The van der Waals surface area contributed by atoms with Gasteiger partial charge >= 0.3 is 5.97 Å². The number of ether oxygens (including phenoxy) is 2. The van der Waals surface area contributed by atoms with Crippen molar-refractivity contribution in [2.75, 3.05) is 6.61 Å². The van der Waals surface area contributed by atoms with E-state index in [4.69, 9.17) is 21.1 Å². The molecule has 1 saturated heterocycles. The summed E-state index contributed by atoms with van der Waals surface area (Å²) in [5.41, 5.74) is 1.72. The minimum atomic E-state index is -0.597. The third-order valence-electron chi connectivity index (χ3n) is 5.04. The maximum Gasteiger partial charge on any atom is 0.343 e. The summed E-state index contributed by atoms with van der Waals surface area (Å²) in [6, 6.07) is 17.2. The lowest BCUT2D eigenvalue weighted by Crippen LogP contribution is -2.27. The van der Waals surface area contributed by atoms with Crippen molar-refractivity contribution >= 4 is 78.4 Å². The van der Waals surface area contributed by atoms with Crippen LogP contribution in [0.5, 0.6) is 11.5 Å². The molecule has 0 aromatic heterocycles. The third kappa shape index (κ3) is 6.03. The molecule has 1 heterocycles. The molecule has 3 aromatic rings. The zero-order chi connectivity index (χ0) is 25.8. The van der Waals surface area contributed by atoms with Crippen molar-refractivity contribution in [3.05, 3.63) is 96.2 Å². The molecule has 10 heteroatoms. The molecule has 1 fully saturated rings. The highest BCUT2D eigenvalue weighted by Crippen LogP contribution is 2.40. The summed E-state index contributed by atoms with van der Waals surface area (Å²) in [6.45, 7) is 2.28. The Morgan fingerprint density at radius 3 is 2.56 bits per heavy atom. The van der Waals surface area contributed by atoms with Gasteiger partial charge in [0.2, 0.25) is 0 Å². The molecule has 0 spiro atoms. The van der Waals surface area contributed by atoms with Crippen LogP contribution in [0.25, 0.3) is 6.08 Å². The van der Waals surface area contributed by atoms with Gasteiger partial charge in [0, 0.05) is 9.50 Å². The number of benzene rings is 3. The van der Waals surface area contributed by atoms with Crippen molar-refractivity contribution < 1.29 is 23.9 Å². The summed E-state index contributed by atoms with van der Waals surface area (Å²) < 4.78 is 12.6. The SMILES string of the molecule is CCOc1cc(/C=C2\SC(=O)N(Cc3ccccc3Br)C2=O)cc(Br)c1OC(=O)c1cccc(Cl)c1. The number of rotatable bonds is 7. The zero-order valence-electron chi connectivity index (χ0n) is 18.8. The zero-order valence-corrected chi connectivity index (χ0v) is 23.5. The summed E-state index contributed by atoms with van der Waals surface area (Å²) in [4.78, 5) is 39.7. The molecule has 1 aliphatic heterocycles. The van der Waals surface area contributed by atoms with Crippen molar-refractivity contribution in [3.63, 3.8) is 0 Å². The molecule has 36 heavy (non-hydrogen) atoms. The van der Waals surface area contributed by atoms with Crippen LogP contribution in [0.4, 0.5) is 4.79 Å². The van der Waals surface area contributed by atoms with Crippen molar-refractivity contribution in [3.8, 4) is 11.5 Å². The number of carbonyl (C=O) groups is 3. The van der Waals surface area contributed by atoms with Crippen LogP contribution in [0.3, 0.4) is 0 Å². The van der Waals surface area contributed by atoms with Crippen molar-refractivity contribution in [2.24, 2.45) is 0 Å². The second-order valence-electron chi connectivity index (χ2n) is 7.52. The molecule has 0 saturated carbocycles. The van der Waals surface area contributed by atoms with E-state index in [2.05, 4.69) is 31.9 Å². The first-order valence-corrected chi connectivity index (χ1v) is 13.5. The van der Waals surface area contributed by atoms with Gasteiger partial charge in [-0.05, 0) is 88.2 Å². The van der Waals surface area contributed by atoms with E-state index < -0.39 is 5.97 Å². The number of amides is 2. The minimum Gasteiger partial charge on any atom is -0.490 e. The highest BCUT2D eigenvalue weighted by molar-refractivity contribution is 9.10. The van der Waals surface area contributed by atoms with Crippen LogP contribution in [0.15, 0.2) is 74.5 Å². The van der Waals surface area contributed by atoms with Crippen LogP contribution in [-0.2, 0) is 11.3 Å². The lowest BCUT2D eigenvalue weighted by molar-refractivity contribution is -0.123. The minimum absolute atomic E-state index is 0.162. The summed E-state index contributed by atoms with van der Waals surface area (Å²) in [7, 11) is 0. The van der Waals surface area contributed by atoms with Gasteiger partial charge in [0.25, 0.3) is 11.1 Å². The van der Waals surface area contributed by atoms with Gasteiger partial charge in [-0.15, -0.1) is 0 Å². The summed E-state index contributed by atoms with van der Waals surface area (Å²) in [5.74, 6) is -0.478. The summed E-state index contributed by atoms with van der Waals surface area (Å²) in [6.07, 6.45) is 1.61. The van der Waals surface area contributed by atoms with Crippen LogP contribution in [0, 0.1) is 0 Å². The molecular weight excluding hydrogens is 634 g/mol. The molecule has 0 radical (unpaired) electrons. The number of halogens is 3. The molecule has 3 aromatic carbocycles. The molecule has 0 aliphatic carbocycles. The van der Waals surface area contributed by atoms with Gasteiger partial charge in [-0.3, -0.25) is 14.5 Å². The molecule has 4 rings (SSSR count). The number of hydrogen-bond acceptors (Lipinski definition) is 6. The van der Waals surface area contributed by atoms with Gasteiger partial charge in [-0.1, -0.05) is 51.8 Å². The number of hydrogen-bond donors (Lipinski definition) is 0. The number of nitrogens with zero attached hydrogens (tertiary/aromatic N) is 1. The molecular formula is C26H18Br2ClNO5S. The average Bonchev–Trinajstić information content (AvgIpc) is 3.10. The number of esters is 1. The summed E-state index contributed by atoms with van der Waals surface area (Å²) in [5, 5.41) is 0.0654. The smallest absolute Gasteiger partial charge is 0.343 e. The Morgan fingerprint density at radius 1 is 1.06 bits per heavy atom. The second-order valence-corrected chi connectivity index (χ2v) is 10.7. The number of imide groups is 1. The van der Waals surface area contributed by atoms with Gasteiger partial charge in [-0.2, -0.15) is 0 Å². The maximum atomic E-state index is 13.0. The van der Waals surface area contributed by atoms with Gasteiger partial charge in [0.1, 0.15) is 0 Å². The molecule has 0 unspecified atom stereocenters. The molecule has 6 nitrogen and oxygen atoms in total. The first kappa shape index (κ1) is 26.5. The largest absolute Gasteiger partial charge is 0.490 e. The van der Waals surface area contributed by atoms with Crippen LogP contribution in [0.1, 0.15) is 28.4 Å². The fourth-order valence-electron chi connectivity index (χ4n) is 3.38. The fourth-order valence-corrected chi connectivity index (χ4v) is 5.36. The van der Waals surface area contributed by atoms with Gasteiger partial charge in [0.15, 0.2) is 11.5 Å². The normalized spacial score (nSPS) is 14.4. The van der Waals surface area contributed by atoms with E-state index in [1.807, 2.05) is 24.3 Å². The fraction of sp³-hybridized carbons (Fsp3) is 0.115.